The van der Waals surface area contributed by atoms with Crippen LogP contribution in [0, 0.1) is 19.7 Å². The molecule has 3 aromatic rings. The van der Waals surface area contributed by atoms with Crippen LogP contribution in [0.2, 0.25) is 0 Å². The van der Waals surface area contributed by atoms with Gasteiger partial charge < -0.3 is 5.32 Å². The molecule has 0 aliphatic rings. The lowest BCUT2D eigenvalue weighted by Crippen LogP contribution is -1.93. The maximum atomic E-state index is 13.3. The number of nitrogens with one attached hydrogen (secondary N) is 1. The average molecular weight is 299 g/mol. The predicted molar refractivity (Wildman–Crippen MR) is 84.5 cm³/mol. The Morgan fingerprint density at radius 3 is 2.71 bits per heavy atom. The molecular formula is C16H14FN3S. The van der Waals surface area contributed by atoms with Crippen LogP contribution in [0.3, 0.4) is 0 Å². The van der Waals surface area contributed by atoms with E-state index in [0.29, 0.717) is 5.56 Å². The summed E-state index contributed by atoms with van der Waals surface area (Å²) in [4.78, 5) is 8.80. The summed E-state index contributed by atoms with van der Waals surface area (Å²) in [6.07, 6.45) is 1.81. The van der Waals surface area contributed by atoms with Crippen LogP contribution >= 0.6 is 11.3 Å². The highest BCUT2D eigenvalue weighted by atomic mass is 32.1. The molecule has 5 heteroatoms. The number of benzene rings is 1. The molecule has 0 amide bonds. The zero-order chi connectivity index (χ0) is 14.8. The lowest BCUT2D eigenvalue weighted by molar-refractivity contribution is 0.619. The lowest BCUT2D eigenvalue weighted by atomic mass is 10.1. The first-order valence-corrected chi connectivity index (χ1v) is 7.41. The minimum absolute atomic E-state index is 0.198. The number of halogens is 1. The Morgan fingerprint density at radius 2 is 2.00 bits per heavy atom. The molecule has 1 N–H and O–H groups in total. The summed E-state index contributed by atoms with van der Waals surface area (Å²) in [5.74, 6) is 0.563. The van der Waals surface area contributed by atoms with E-state index in [0.717, 1.165) is 27.8 Å². The molecule has 0 aliphatic heterocycles. The quantitative estimate of drug-likeness (QED) is 0.761. The predicted octanol–water partition coefficient (Wildman–Crippen LogP) is 4.70. The highest BCUT2D eigenvalue weighted by Crippen LogP contribution is 2.27. The van der Waals surface area contributed by atoms with E-state index < -0.39 is 0 Å². The van der Waals surface area contributed by atoms with Gasteiger partial charge in [0.05, 0.1) is 5.69 Å². The summed E-state index contributed by atoms with van der Waals surface area (Å²) < 4.78 is 13.3. The second kappa shape index (κ2) is 5.61. The van der Waals surface area contributed by atoms with E-state index in [9.17, 15) is 4.39 Å². The van der Waals surface area contributed by atoms with Gasteiger partial charge in [0.1, 0.15) is 11.6 Å². The highest BCUT2D eigenvalue weighted by molar-refractivity contribution is 7.14. The van der Waals surface area contributed by atoms with E-state index in [1.165, 1.54) is 17.4 Å². The SMILES string of the molecule is Cc1ccc(Nc2nc(-c3ccc(F)c(C)c3)cs2)nc1. The van der Waals surface area contributed by atoms with Crippen LogP contribution < -0.4 is 5.32 Å². The van der Waals surface area contributed by atoms with Crippen LogP contribution in [0.4, 0.5) is 15.3 Å². The van der Waals surface area contributed by atoms with Gasteiger partial charge in [-0.05, 0) is 49.2 Å². The zero-order valence-corrected chi connectivity index (χ0v) is 12.5. The molecule has 0 saturated carbocycles. The number of pyridine rings is 1. The van der Waals surface area contributed by atoms with Crippen LogP contribution in [-0.4, -0.2) is 9.97 Å². The number of thiazole rings is 1. The minimum atomic E-state index is -0.198. The second-order valence-corrected chi connectivity index (χ2v) is 5.71. The maximum Gasteiger partial charge on any atom is 0.188 e. The van der Waals surface area contributed by atoms with Crippen molar-refractivity contribution in [1.29, 1.82) is 0 Å². The van der Waals surface area contributed by atoms with E-state index in [1.54, 1.807) is 25.3 Å². The van der Waals surface area contributed by atoms with Gasteiger partial charge in [0.2, 0.25) is 0 Å². The van der Waals surface area contributed by atoms with Gasteiger partial charge in [0, 0.05) is 17.1 Å². The van der Waals surface area contributed by atoms with Crippen LogP contribution in [0.1, 0.15) is 11.1 Å². The molecule has 0 atom stereocenters. The number of aromatic nitrogens is 2. The Balaban J connectivity index is 1.82. The van der Waals surface area contributed by atoms with Crippen molar-refractivity contribution in [2.75, 3.05) is 5.32 Å². The Morgan fingerprint density at radius 1 is 1.14 bits per heavy atom. The Bertz CT molecular complexity index is 765. The van der Waals surface area contributed by atoms with Crippen LogP contribution in [-0.2, 0) is 0 Å². The second-order valence-electron chi connectivity index (χ2n) is 4.85. The van der Waals surface area contributed by atoms with Gasteiger partial charge in [-0.3, -0.25) is 0 Å². The third kappa shape index (κ3) is 3.08. The van der Waals surface area contributed by atoms with E-state index in [2.05, 4.69) is 15.3 Å². The van der Waals surface area contributed by atoms with E-state index in [4.69, 9.17) is 0 Å². The number of hydrogen-bond donors (Lipinski definition) is 1. The number of rotatable bonds is 3. The summed E-state index contributed by atoms with van der Waals surface area (Å²) in [6.45, 7) is 3.75. The molecule has 0 spiro atoms. The van der Waals surface area contributed by atoms with Crippen LogP contribution in [0.5, 0.6) is 0 Å². The molecule has 0 saturated heterocycles. The maximum absolute atomic E-state index is 13.3. The van der Waals surface area contributed by atoms with Crippen molar-refractivity contribution < 1.29 is 4.39 Å². The largest absolute Gasteiger partial charge is 0.316 e. The molecule has 3 rings (SSSR count). The van der Waals surface area contributed by atoms with Crippen LogP contribution in [0.15, 0.2) is 41.9 Å². The number of hydrogen-bond acceptors (Lipinski definition) is 4. The summed E-state index contributed by atoms with van der Waals surface area (Å²) in [5, 5.41) is 5.88. The van der Waals surface area contributed by atoms with E-state index in [1.807, 2.05) is 24.4 Å². The topological polar surface area (TPSA) is 37.8 Å². The van der Waals surface area contributed by atoms with Gasteiger partial charge in [-0.15, -0.1) is 11.3 Å². The molecule has 1 aromatic carbocycles. The Labute approximate surface area is 126 Å². The van der Waals surface area contributed by atoms with Gasteiger partial charge in [-0.25, -0.2) is 14.4 Å². The molecule has 0 unspecified atom stereocenters. The molecule has 21 heavy (non-hydrogen) atoms. The summed E-state index contributed by atoms with van der Waals surface area (Å²) in [7, 11) is 0. The van der Waals surface area contributed by atoms with Gasteiger partial charge in [-0.2, -0.15) is 0 Å². The van der Waals surface area contributed by atoms with Crippen molar-refractivity contribution in [3.05, 3.63) is 58.9 Å². The van der Waals surface area contributed by atoms with E-state index in [-0.39, 0.29) is 5.82 Å². The molecule has 0 aliphatic carbocycles. The summed E-state index contributed by atoms with van der Waals surface area (Å²) in [5.41, 5.74) is 3.48. The Kier molecular flexibility index (Phi) is 3.66. The summed E-state index contributed by atoms with van der Waals surface area (Å²) in [6, 6.07) is 8.92. The average Bonchev–Trinajstić information content (AvgIpc) is 2.93. The fraction of sp³-hybridized carbons (Fsp3) is 0.125. The third-order valence-corrected chi connectivity index (χ3v) is 3.86. The first-order valence-electron chi connectivity index (χ1n) is 6.53. The normalized spacial score (nSPS) is 10.6. The number of aryl methyl sites for hydroxylation is 2. The van der Waals surface area contributed by atoms with Gasteiger partial charge in [0.15, 0.2) is 5.13 Å². The van der Waals surface area contributed by atoms with Crippen LogP contribution in [0.25, 0.3) is 11.3 Å². The standard InChI is InChI=1S/C16H14FN3S/c1-10-3-6-15(18-8-10)20-16-19-14(9-21-16)12-4-5-13(17)11(2)7-12/h3-9H,1-2H3,(H,18,19,20). The molecule has 2 heterocycles. The van der Waals surface area contributed by atoms with Crippen molar-refractivity contribution in [2.45, 2.75) is 13.8 Å². The minimum Gasteiger partial charge on any atom is -0.316 e. The van der Waals surface area contributed by atoms with Gasteiger partial charge in [0.25, 0.3) is 0 Å². The van der Waals surface area contributed by atoms with Crippen molar-refractivity contribution in [3.63, 3.8) is 0 Å². The molecular weight excluding hydrogens is 285 g/mol. The zero-order valence-electron chi connectivity index (χ0n) is 11.7. The number of nitrogens with zero attached hydrogens (tertiary/aromatic N) is 2. The molecule has 0 radical (unpaired) electrons. The smallest absolute Gasteiger partial charge is 0.188 e. The molecule has 0 bridgehead atoms. The van der Waals surface area contributed by atoms with E-state index >= 15 is 0 Å². The first-order chi connectivity index (χ1) is 10.1. The first kappa shape index (κ1) is 13.7. The van der Waals surface area contributed by atoms with Gasteiger partial charge >= 0.3 is 0 Å². The molecule has 106 valence electrons. The third-order valence-electron chi connectivity index (χ3n) is 3.10. The molecule has 0 fully saturated rings. The fourth-order valence-corrected chi connectivity index (χ4v) is 2.65. The van der Waals surface area contributed by atoms with Crippen molar-refractivity contribution in [3.8, 4) is 11.3 Å². The van der Waals surface area contributed by atoms with Gasteiger partial charge in [-0.1, -0.05) is 6.07 Å². The van der Waals surface area contributed by atoms with Crippen molar-refractivity contribution in [1.82, 2.24) is 9.97 Å². The van der Waals surface area contributed by atoms with Crippen molar-refractivity contribution >= 4 is 22.3 Å². The summed E-state index contributed by atoms with van der Waals surface area (Å²) >= 11 is 1.50. The number of anilines is 2. The monoisotopic (exact) mass is 299 g/mol. The molecule has 3 nitrogen and oxygen atoms in total. The Hall–Kier alpha value is -2.27. The molecule has 2 aromatic heterocycles. The van der Waals surface area contributed by atoms with Crippen molar-refractivity contribution in [2.24, 2.45) is 0 Å². The fourth-order valence-electron chi connectivity index (χ4n) is 1.92. The lowest BCUT2D eigenvalue weighted by Gasteiger charge is -2.02. The highest BCUT2D eigenvalue weighted by Gasteiger charge is 2.07.